The highest BCUT2D eigenvalue weighted by molar-refractivity contribution is 14.0. The molecule has 0 atom stereocenters. The Morgan fingerprint density at radius 2 is 2.04 bits per heavy atom. The minimum atomic E-state index is 0. The number of nitrogens with zero attached hydrogens (tertiary/aromatic N) is 3. The van der Waals surface area contributed by atoms with E-state index in [4.69, 9.17) is 4.99 Å². The predicted molar refractivity (Wildman–Crippen MR) is 130 cm³/mol. The number of guanidine groups is 1. The Balaban J connectivity index is 0.00000392. The molecule has 0 unspecified atom stereocenters. The molecule has 8 heteroatoms. The summed E-state index contributed by atoms with van der Waals surface area (Å²) in [6.07, 6.45) is 2.05. The van der Waals surface area contributed by atoms with E-state index in [-0.39, 0.29) is 35.3 Å². The van der Waals surface area contributed by atoms with Crippen molar-refractivity contribution in [3.63, 3.8) is 0 Å². The first-order valence-electron chi connectivity index (χ1n) is 9.83. The Hall–Kier alpha value is -0.870. The topological polar surface area (TPSA) is 60.0 Å². The lowest BCUT2D eigenvalue weighted by atomic mass is 9.92. The molecule has 2 N–H and O–H groups in total. The van der Waals surface area contributed by atoms with Crippen molar-refractivity contribution >= 4 is 47.2 Å². The van der Waals surface area contributed by atoms with Crippen molar-refractivity contribution in [3.05, 3.63) is 22.4 Å². The molecule has 2 heterocycles. The third kappa shape index (κ3) is 7.87. The van der Waals surface area contributed by atoms with Gasteiger partial charge < -0.3 is 15.5 Å². The zero-order valence-corrected chi connectivity index (χ0v) is 21.0. The Bertz CT molecular complexity index is 610. The van der Waals surface area contributed by atoms with Crippen molar-refractivity contribution in [2.24, 2.45) is 4.99 Å². The molecule has 2 rings (SSSR count). The fraction of sp³-hybridized carbons (Fsp3) is 0.700. The first-order chi connectivity index (χ1) is 12.8. The molecule has 0 bridgehead atoms. The molecule has 0 aliphatic carbocycles. The number of aliphatic imine (C=N–C) groups is 1. The Morgan fingerprint density at radius 1 is 1.36 bits per heavy atom. The monoisotopic (exact) mass is 521 g/mol. The number of amides is 1. The maximum Gasteiger partial charge on any atom is 0.236 e. The Labute approximate surface area is 191 Å². The lowest BCUT2D eigenvalue weighted by molar-refractivity contribution is -0.130. The van der Waals surface area contributed by atoms with Crippen LogP contribution in [0.15, 0.2) is 22.5 Å². The number of piperidine rings is 1. The normalized spacial score (nSPS) is 16.4. The molecule has 1 aliphatic rings. The van der Waals surface area contributed by atoms with Crippen molar-refractivity contribution in [1.29, 1.82) is 0 Å². The second-order valence-corrected chi connectivity index (χ2v) is 8.99. The zero-order valence-electron chi connectivity index (χ0n) is 17.8. The molecule has 1 fully saturated rings. The number of hydrogen-bond donors (Lipinski definition) is 2. The first-order valence-corrected chi connectivity index (χ1v) is 10.7. The molecule has 28 heavy (non-hydrogen) atoms. The molecule has 1 saturated heterocycles. The van der Waals surface area contributed by atoms with E-state index in [0.717, 1.165) is 45.0 Å². The molecular formula is C20H36IN5OS. The van der Waals surface area contributed by atoms with Crippen LogP contribution in [0.2, 0.25) is 0 Å². The van der Waals surface area contributed by atoms with Gasteiger partial charge in [0, 0.05) is 50.1 Å². The van der Waals surface area contributed by atoms with Gasteiger partial charge in [-0.3, -0.25) is 14.7 Å². The van der Waals surface area contributed by atoms with Crippen LogP contribution in [-0.4, -0.2) is 74.5 Å². The predicted octanol–water partition coefficient (Wildman–Crippen LogP) is 2.75. The summed E-state index contributed by atoms with van der Waals surface area (Å²) in [5.74, 6) is 1.07. The molecule has 1 amide bonds. The summed E-state index contributed by atoms with van der Waals surface area (Å²) >= 11 is 1.79. The van der Waals surface area contributed by atoms with Crippen LogP contribution in [0, 0.1) is 0 Å². The van der Waals surface area contributed by atoms with E-state index in [1.807, 2.05) is 14.1 Å². The summed E-state index contributed by atoms with van der Waals surface area (Å²) in [6, 6.07) is 4.69. The van der Waals surface area contributed by atoms with Crippen LogP contribution in [-0.2, 0) is 10.2 Å². The molecule has 0 radical (unpaired) electrons. The molecular weight excluding hydrogens is 485 g/mol. The second kappa shape index (κ2) is 12.0. The van der Waals surface area contributed by atoms with Crippen LogP contribution < -0.4 is 10.6 Å². The maximum atomic E-state index is 11.9. The molecule has 6 nitrogen and oxygen atoms in total. The van der Waals surface area contributed by atoms with E-state index in [9.17, 15) is 4.79 Å². The van der Waals surface area contributed by atoms with Crippen LogP contribution in [0.25, 0.3) is 0 Å². The highest BCUT2D eigenvalue weighted by Gasteiger charge is 2.24. The van der Waals surface area contributed by atoms with E-state index in [1.165, 1.54) is 4.88 Å². The van der Waals surface area contributed by atoms with E-state index < -0.39 is 0 Å². The number of carbonyl (C=O) groups excluding carboxylic acids is 1. The quantitative estimate of drug-likeness (QED) is 0.329. The largest absolute Gasteiger partial charge is 0.357 e. The SMILES string of the molecule is CCNC(=NCC(C)(C)c1cccs1)NC1CCN(CC(=O)N(C)C)CC1.I. The van der Waals surface area contributed by atoms with Crippen LogP contribution in [0.4, 0.5) is 0 Å². The summed E-state index contributed by atoms with van der Waals surface area (Å²) in [4.78, 5) is 22.0. The van der Waals surface area contributed by atoms with Gasteiger partial charge in [0.25, 0.3) is 0 Å². The second-order valence-electron chi connectivity index (χ2n) is 8.04. The number of halogens is 1. The summed E-state index contributed by atoms with van der Waals surface area (Å²) in [5, 5.41) is 9.09. The van der Waals surface area contributed by atoms with Crippen LogP contribution >= 0.6 is 35.3 Å². The van der Waals surface area contributed by atoms with E-state index >= 15 is 0 Å². The average Bonchev–Trinajstić information content (AvgIpc) is 3.17. The molecule has 0 saturated carbocycles. The summed E-state index contributed by atoms with van der Waals surface area (Å²) in [7, 11) is 3.63. The number of hydrogen-bond acceptors (Lipinski definition) is 4. The summed E-state index contributed by atoms with van der Waals surface area (Å²) < 4.78 is 0. The minimum Gasteiger partial charge on any atom is -0.357 e. The number of likely N-dealkylation sites (tertiary alicyclic amines) is 1. The number of carbonyl (C=O) groups is 1. The molecule has 1 aromatic heterocycles. The van der Waals surface area contributed by atoms with Crippen LogP contribution in [0.3, 0.4) is 0 Å². The lowest BCUT2D eigenvalue weighted by Gasteiger charge is -2.33. The Morgan fingerprint density at radius 3 is 2.57 bits per heavy atom. The zero-order chi connectivity index (χ0) is 19.9. The van der Waals surface area contributed by atoms with Crippen molar-refractivity contribution in [2.45, 2.75) is 45.1 Å². The molecule has 0 aromatic carbocycles. The third-order valence-corrected chi connectivity index (χ3v) is 6.19. The van der Waals surface area contributed by atoms with Gasteiger partial charge >= 0.3 is 0 Å². The van der Waals surface area contributed by atoms with Gasteiger partial charge in [0.05, 0.1) is 13.1 Å². The van der Waals surface area contributed by atoms with Crippen molar-refractivity contribution in [1.82, 2.24) is 20.4 Å². The highest BCUT2D eigenvalue weighted by atomic mass is 127. The van der Waals surface area contributed by atoms with Crippen molar-refractivity contribution < 1.29 is 4.79 Å². The summed E-state index contributed by atoms with van der Waals surface area (Å²) in [6.45, 7) is 10.6. The van der Waals surface area contributed by atoms with Gasteiger partial charge in [-0.05, 0) is 31.2 Å². The van der Waals surface area contributed by atoms with Crippen molar-refractivity contribution in [3.8, 4) is 0 Å². The fourth-order valence-corrected chi connectivity index (χ4v) is 3.94. The molecule has 1 aromatic rings. The standard InChI is InChI=1S/C20H35N5OS.HI/c1-6-21-19(22-15-20(2,3)17-8-7-13-27-17)23-16-9-11-25(12-10-16)14-18(26)24(4)5;/h7-8,13,16H,6,9-12,14-15H2,1-5H3,(H2,21,22,23);1H. The first kappa shape index (κ1) is 25.2. The maximum absolute atomic E-state index is 11.9. The molecule has 160 valence electrons. The van der Waals surface area contributed by atoms with Gasteiger partial charge in [0.1, 0.15) is 0 Å². The highest BCUT2D eigenvalue weighted by Crippen LogP contribution is 2.27. The molecule has 0 spiro atoms. The number of thiophene rings is 1. The number of likely N-dealkylation sites (N-methyl/N-ethyl adjacent to an activating group) is 1. The lowest BCUT2D eigenvalue weighted by Crippen LogP contribution is -2.50. The van der Waals surface area contributed by atoms with Crippen LogP contribution in [0.1, 0.15) is 38.5 Å². The van der Waals surface area contributed by atoms with E-state index in [2.05, 4.69) is 53.8 Å². The number of rotatable bonds is 7. The summed E-state index contributed by atoms with van der Waals surface area (Å²) in [5.41, 5.74) is 0.0341. The smallest absolute Gasteiger partial charge is 0.236 e. The van der Waals surface area contributed by atoms with Gasteiger partial charge in [0.2, 0.25) is 5.91 Å². The van der Waals surface area contributed by atoms with Gasteiger partial charge in [-0.25, -0.2) is 0 Å². The average molecular weight is 522 g/mol. The van der Waals surface area contributed by atoms with Gasteiger partial charge in [-0.1, -0.05) is 19.9 Å². The Kier molecular flexibility index (Phi) is 10.8. The fourth-order valence-electron chi connectivity index (χ4n) is 3.10. The van der Waals surface area contributed by atoms with Crippen molar-refractivity contribution in [2.75, 3.05) is 46.8 Å². The van der Waals surface area contributed by atoms with E-state index in [1.54, 1.807) is 16.2 Å². The van der Waals surface area contributed by atoms with Gasteiger partial charge in [-0.15, -0.1) is 35.3 Å². The van der Waals surface area contributed by atoms with Gasteiger partial charge in [0.15, 0.2) is 5.96 Å². The van der Waals surface area contributed by atoms with Gasteiger partial charge in [-0.2, -0.15) is 0 Å². The number of nitrogens with one attached hydrogen (secondary N) is 2. The van der Waals surface area contributed by atoms with Crippen LogP contribution in [0.5, 0.6) is 0 Å². The molecule has 1 aliphatic heterocycles. The minimum absolute atomic E-state index is 0. The van der Waals surface area contributed by atoms with E-state index in [0.29, 0.717) is 12.6 Å². The third-order valence-electron chi connectivity index (χ3n) is 4.95.